The number of halogens is 2. The predicted octanol–water partition coefficient (Wildman–Crippen LogP) is 3.83. The molecule has 17 heavy (non-hydrogen) atoms. The van der Waals surface area contributed by atoms with Gasteiger partial charge in [0.05, 0.1) is 0 Å². The van der Waals surface area contributed by atoms with Crippen LogP contribution in [0.4, 0.5) is 8.78 Å². The number of unbranched alkanes of at least 4 members (excludes halogenated alkanes) is 1. The van der Waals surface area contributed by atoms with Crippen molar-refractivity contribution < 1.29 is 8.78 Å². The van der Waals surface area contributed by atoms with Gasteiger partial charge in [-0.3, -0.25) is 0 Å². The molecule has 0 fully saturated rings. The van der Waals surface area contributed by atoms with Crippen LogP contribution in [0.15, 0.2) is 18.2 Å². The van der Waals surface area contributed by atoms with Crippen LogP contribution in [-0.4, -0.2) is 6.54 Å². The monoisotopic (exact) mass is 241 g/mol. The predicted molar refractivity (Wildman–Crippen MR) is 66.8 cm³/mol. The first kappa shape index (κ1) is 14.1. The molecule has 1 aromatic rings. The van der Waals surface area contributed by atoms with Gasteiger partial charge < -0.3 is 5.73 Å². The van der Waals surface area contributed by atoms with Gasteiger partial charge in [0.2, 0.25) is 0 Å². The highest BCUT2D eigenvalue weighted by atomic mass is 19.1. The molecule has 0 aliphatic heterocycles. The number of benzene rings is 1. The molecule has 1 nitrogen and oxygen atoms in total. The van der Waals surface area contributed by atoms with Crippen LogP contribution in [0.25, 0.3) is 0 Å². The first-order valence-electron chi connectivity index (χ1n) is 6.21. The Kier molecular flexibility index (Phi) is 5.56. The number of rotatable bonds is 6. The molecule has 2 N–H and O–H groups in total. The molecule has 0 aliphatic carbocycles. The summed E-state index contributed by atoms with van der Waals surface area (Å²) in [6.45, 7) is 4.79. The number of hydrogen-bond donors (Lipinski definition) is 1. The maximum atomic E-state index is 13.7. The van der Waals surface area contributed by atoms with E-state index in [4.69, 9.17) is 5.73 Å². The van der Waals surface area contributed by atoms with Gasteiger partial charge in [-0.25, -0.2) is 8.78 Å². The molecule has 1 unspecified atom stereocenters. The largest absolute Gasteiger partial charge is 0.330 e. The molecule has 0 saturated heterocycles. The Labute approximate surface area is 102 Å². The summed E-state index contributed by atoms with van der Waals surface area (Å²) in [7, 11) is 0. The Balaban J connectivity index is 2.82. The summed E-state index contributed by atoms with van der Waals surface area (Å²) >= 11 is 0. The van der Waals surface area contributed by atoms with Gasteiger partial charge >= 0.3 is 0 Å². The lowest BCUT2D eigenvalue weighted by molar-refractivity contribution is 0.430. The fourth-order valence-corrected chi connectivity index (χ4v) is 2.16. The maximum Gasteiger partial charge on any atom is 0.129 e. The van der Waals surface area contributed by atoms with E-state index < -0.39 is 11.6 Å². The van der Waals surface area contributed by atoms with Gasteiger partial charge in [-0.05, 0) is 42.9 Å². The topological polar surface area (TPSA) is 26.0 Å². The summed E-state index contributed by atoms with van der Waals surface area (Å²) in [6.07, 6.45) is 2.83. The van der Waals surface area contributed by atoms with Gasteiger partial charge in [-0.1, -0.05) is 26.3 Å². The van der Waals surface area contributed by atoms with E-state index in [2.05, 4.69) is 13.8 Å². The minimum Gasteiger partial charge on any atom is -0.330 e. The molecule has 3 heteroatoms. The molecule has 0 amide bonds. The first-order chi connectivity index (χ1) is 8.06. The van der Waals surface area contributed by atoms with Crippen LogP contribution < -0.4 is 5.73 Å². The average molecular weight is 241 g/mol. The second-order valence-corrected chi connectivity index (χ2v) is 4.80. The van der Waals surface area contributed by atoms with E-state index in [0.717, 1.165) is 25.3 Å². The van der Waals surface area contributed by atoms with Crippen molar-refractivity contribution in [1.29, 1.82) is 0 Å². The molecule has 0 aliphatic rings. The zero-order valence-electron chi connectivity index (χ0n) is 10.5. The second kappa shape index (κ2) is 6.70. The third-order valence-corrected chi connectivity index (χ3v) is 3.14. The lowest BCUT2D eigenvalue weighted by Gasteiger charge is -2.21. The molecule has 0 spiro atoms. The van der Waals surface area contributed by atoms with Crippen LogP contribution in [0.3, 0.4) is 0 Å². The molecular formula is C14H21F2N. The Morgan fingerprint density at radius 1 is 1.18 bits per heavy atom. The smallest absolute Gasteiger partial charge is 0.129 e. The number of nitrogens with two attached hydrogens (primary N) is 1. The highest BCUT2D eigenvalue weighted by Crippen LogP contribution is 2.31. The molecule has 96 valence electrons. The van der Waals surface area contributed by atoms with Crippen molar-refractivity contribution in [2.75, 3.05) is 6.54 Å². The fraction of sp³-hybridized carbons (Fsp3) is 0.571. The molecule has 1 rings (SSSR count). The third kappa shape index (κ3) is 4.08. The first-order valence-corrected chi connectivity index (χ1v) is 6.21. The SMILES string of the molecule is CC(C)C(CCCCN)c1ccc(F)cc1F. The standard InChI is InChI=1S/C14H21F2N/c1-10(2)12(5-3-4-8-17)13-7-6-11(15)9-14(13)16/h6-7,9-10,12H,3-5,8,17H2,1-2H3. The van der Waals surface area contributed by atoms with Crippen molar-refractivity contribution in [3.05, 3.63) is 35.4 Å². The van der Waals surface area contributed by atoms with E-state index >= 15 is 0 Å². The summed E-state index contributed by atoms with van der Waals surface area (Å²) in [5.74, 6) is -0.470. The van der Waals surface area contributed by atoms with Crippen molar-refractivity contribution in [2.45, 2.75) is 39.0 Å². The van der Waals surface area contributed by atoms with Crippen molar-refractivity contribution >= 4 is 0 Å². The van der Waals surface area contributed by atoms with E-state index in [0.29, 0.717) is 18.0 Å². The fourth-order valence-electron chi connectivity index (χ4n) is 2.16. The molecule has 1 aromatic carbocycles. The normalized spacial score (nSPS) is 13.1. The van der Waals surface area contributed by atoms with Gasteiger partial charge in [-0.2, -0.15) is 0 Å². The third-order valence-electron chi connectivity index (χ3n) is 3.14. The minimum atomic E-state index is -0.518. The van der Waals surface area contributed by atoms with Crippen molar-refractivity contribution in [3.63, 3.8) is 0 Å². The van der Waals surface area contributed by atoms with Crippen LogP contribution in [-0.2, 0) is 0 Å². The molecule has 0 bridgehead atoms. The van der Waals surface area contributed by atoms with E-state index in [-0.39, 0.29) is 5.92 Å². The molecule has 0 aromatic heterocycles. The van der Waals surface area contributed by atoms with Crippen molar-refractivity contribution in [2.24, 2.45) is 11.7 Å². The molecular weight excluding hydrogens is 220 g/mol. The quantitative estimate of drug-likeness (QED) is 0.752. The van der Waals surface area contributed by atoms with Crippen LogP contribution in [0, 0.1) is 17.6 Å². The Hall–Kier alpha value is -0.960. The van der Waals surface area contributed by atoms with Gasteiger partial charge in [-0.15, -0.1) is 0 Å². The van der Waals surface area contributed by atoms with E-state index in [1.54, 1.807) is 6.07 Å². The minimum absolute atomic E-state index is 0.141. The molecule has 1 atom stereocenters. The average Bonchev–Trinajstić information content (AvgIpc) is 2.25. The zero-order chi connectivity index (χ0) is 12.8. The van der Waals surface area contributed by atoms with Crippen LogP contribution in [0.2, 0.25) is 0 Å². The lowest BCUT2D eigenvalue weighted by Crippen LogP contribution is -2.10. The second-order valence-electron chi connectivity index (χ2n) is 4.80. The highest BCUT2D eigenvalue weighted by molar-refractivity contribution is 5.23. The van der Waals surface area contributed by atoms with Gasteiger partial charge in [0.15, 0.2) is 0 Å². The molecule has 0 saturated carbocycles. The molecule has 0 heterocycles. The summed E-state index contributed by atoms with van der Waals surface area (Å²) in [4.78, 5) is 0. The summed E-state index contributed by atoms with van der Waals surface area (Å²) in [6, 6.07) is 3.86. The van der Waals surface area contributed by atoms with Crippen molar-refractivity contribution in [3.8, 4) is 0 Å². The Morgan fingerprint density at radius 3 is 2.41 bits per heavy atom. The maximum absolute atomic E-state index is 13.7. The Morgan fingerprint density at radius 2 is 1.88 bits per heavy atom. The van der Waals surface area contributed by atoms with E-state index in [1.807, 2.05) is 0 Å². The molecule has 0 radical (unpaired) electrons. The van der Waals surface area contributed by atoms with E-state index in [1.165, 1.54) is 6.07 Å². The van der Waals surface area contributed by atoms with Gasteiger partial charge in [0, 0.05) is 6.07 Å². The summed E-state index contributed by atoms with van der Waals surface area (Å²) in [5.41, 5.74) is 6.08. The van der Waals surface area contributed by atoms with Crippen LogP contribution in [0.5, 0.6) is 0 Å². The Bertz CT molecular complexity index is 350. The summed E-state index contributed by atoms with van der Waals surface area (Å²) in [5, 5.41) is 0. The number of hydrogen-bond acceptors (Lipinski definition) is 1. The lowest BCUT2D eigenvalue weighted by atomic mass is 9.84. The van der Waals surface area contributed by atoms with Gasteiger partial charge in [0.1, 0.15) is 11.6 Å². The van der Waals surface area contributed by atoms with E-state index in [9.17, 15) is 8.78 Å². The summed E-state index contributed by atoms with van der Waals surface area (Å²) < 4.78 is 26.6. The highest BCUT2D eigenvalue weighted by Gasteiger charge is 2.19. The van der Waals surface area contributed by atoms with Crippen LogP contribution >= 0.6 is 0 Å². The van der Waals surface area contributed by atoms with Gasteiger partial charge in [0.25, 0.3) is 0 Å². The zero-order valence-corrected chi connectivity index (χ0v) is 10.5. The van der Waals surface area contributed by atoms with Crippen molar-refractivity contribution in [1.82, 2.24) is 0 Å². The van der Waals surface area contributed by atoms with Crippen LogP contribution in [0.1, 0.15) is 44.6 Å².